The molecule has 0 spiro atoms. The van der Waals surface area contributed by atoms with Crippen molar-refractivity contribution in [3.63, 3.8) is 0 Å². The van der Waals surface area contributed by atoms with Gasteiger partial charge in [0.15, 0.2) is 0 Å². The van der Waals surface area contributed by atoms with Crippen molar-refractivity contribution in [1.29, 1.82) is 0 Å². The molecule has 0 aliphatic carbocycles. The lowest BCUT2D eigenvalue weighted by Crippen LogP contribution is -2.37. The summed E-state index contributed by atoms with van der Waals surface area (Å²) in [6, 6.07) is 6.47. The molecule has 0 aliphatic heterocycles. The first-order valence-corrected chi connectivity index (χ1v) is 7.82. The quantitative estimate of drug-likeness (QED) is 0.931. The predicted octanol–water partition coefficient (Wildman–Crippen LogP) is 3.75. The van der Waals surface area contributed by atoms with E-state index in [2.05, 4.69) is 68.3 Å². The van der Waals surface area contributed by atoms with Crippen molar-refractivity contribution in [2.75, 3.05) is 6.54 Å². The first-order chi connectivity index (χ1) is 9.35. The van der Waals surface area contributed by atoms with Crippen LogP contribution in [0.2, 0.25) is 0 Å². The lowest BCUT2D eigenvalue weighted by atomic mass is 10.1. The van der Waals surface area contributed by atoms with Gasteiger partial charge < -0.3 is 5.32 Å². The van der Waals surface area contributed by atoms with E-state index in [4.69, 9.17) is 0 Å². The van der Waals surface area contributed by atoms with E-state index in [0.717, 1.165) is 23.0 Å². The van der Waals surface area contributed by atoms with E-state index in [1.807, 2.05) is 0 Å². The van der Waals surface area contributed by atoms with Crippen LogP contribution in [0.4, 0.5) is 0 Å². The van der Waals surface area contributed by atoms with Gasteiger partial charge in [-0.2, -0.15) is 0 Å². The van der Waals surface area contributed by atoms with Crippen molar-refractivity contribution in [2.24, 2.45) is 0 Å². The molecule has 0 saturated carbocycles. The molecule has 2 rings (SSSR count). The zero-order valence-electron chi connectivity index (χ0n) is 12.9. The highest BCUT2D eigenvalue weighted by Gasteiger charge is 2.11. The van der Waals surface area contributed by atoms with Crippen LogP contribution >= 0.6 is 11.3 Å². The Balaban J connectivity index is 2.07. The Hall–Kier alpha value is -1.26. The normalized spacial score (nSPS) is 11.8. The fraction of sp³-hybridized carbons (Fsp3) is 0.500. The van der Waals surface area contributed by atoms with Gasteiger partial charge in [0.05, 0.1) is 0 Å². The molecule has 1 N–H and O–H groups in total. The molecule has 1 aromatic heterocycles. The van der Waals surface area contributed by atoms with E-state index < -0.39 is 0 Å². The molecule has 0 fully saturated rings. The van der Waals surface area contributed by atoms with Crippen LogP contribution in [0, 0.1) is 13.8 Å². The number of hydrogen-bond donors (Lipinski definition) is 1. The third-order valence-corrected chi connectivity index (χ3v) is 4.10. The van der Waals surface area contributed by atoms with E-state index in [9.17, 15) is 0 Å². The van der Waals surface area contributed by atoms with Crippen LogP contribution in [0.5, 0.6) is 0 Å². The Morgan fingerprint density at radius 1 is 1.15 bits per heavy atom. The molecule has 3 nitrogen and oxygen atoms in total. The van der Waals surface area contributed by atoms with Crippen LogP contribution in [0.25, 0.3) is 10.6 Å². The van der Waals surface area contributed by atoms with Crippen molar-refractivity contribution in [3.05, 3.63) is 34.3 Å². The van der Waals surface area contributed by atoms with E-state index >= 15 is 0 Å². The minimum atomic E-state index is 0.153. The maximum atomic E-state index is 4.34. The molecular weight excluding hydrogens is 266 g/mol. The van der Waals surface area contributed by atoms with E-state index in [0.29, 0.717) is 0 Å². The van der Waals surface area contributed by atoms with Gasteiger partial charge >= 0.3 is 0 Å². The molecule has 0 bridgehead atoms. The summed E-state index contributed by atoms with van der Waals surface area (Å²) < 4.78 is 0. The lowest BCUT2D eigenvalue weighted by molar-refractivity contribution is 0.429. The Morgan fingerprint density at radius 2 is 1.90 bits per heavy atom. The van der Waals surface area contributed by atoms with Crippen LogP contribution in [0.1, 0.15) is 36.9 Å². The van der Waals surface area contributed by atoms with Gasteiger partial charge in [-0.1, -0.05) is 29.0 Å². The average Bonchev–Trinajstić information content (AvgIpc) is 2.79. The third kappa shape index (κ3) is 4.12. The number of rotatable bonds is 4. The molecule has 0 atom stereocenters. The average molecular weight is 289 g/mol. The SMILES string of the molecule is Cc1ccc(C)c(-c2nnc(CCNC(C)(C)C)s2)c1. The first-order valence-electron chi connectivity index (χ1n) is 7.00. The summed E-state index contributed by atoms with van der Waals surface area (Å²) in [5, 5.41) is 14.3. The molecule has 1 heterocycles. The maximum Gasteiger partial charge on any atom is 0.148 e. The summed E-state index contributed by atoms with van der Waals surface area (Å²) in [7, 11) is 0. The van der Waals surface area contributed by atoms with Gasteiger partial charge in [0.1, 0.15) is 10.0 Å². The summed E-state index contributed by atoms with van der Waals surface area (Å²) in [6.07, 6.45) is 0.930. The van der Waals surface area contributed by atoms with Gasteiger partial charge in [0.2, 0.25) is 0 Å². The van der Waals surface area contributed by atoms with E-state index in [-0.39, 0.29) is 5.54 Å². The zero-order chi connectivity index (χ0) is 14.8. The summed E-state index contributed by atoms with van der Waals surface area (Å²) in [5.74, 6) is 0. The van der Waals surface area contributed by atoms with Gasteiger partial charge in [0, 0.05) is 24.1 Å². The molecule has 108 valence electrons. The Bertz CT molecular complexity index is 582. The standard InChI is InChI=1S/C16H23N3S/c1-11-6-7-12(2)13(10-11)15-19-18-14(20-15)8-9-17-16(3,4)5/h6-7,10,17H,8-9H2,1-5H3. The molecule has 2 aromatic rings. The highest BCUT2D eigenvalue weighted by Crippen LogP contribution is 2.27. The summed E-state index contributed by atoms with van der Waals surface area (Å²) in [5.41, 5.74) is 3.88. The van der Waals surface area contributed by atoms with E-state index in [1.165, 1.54) is 16.7 Å². The Kier molecular flexibility index (Phi) is 4.55. The first kappa shape index (κ1) is 15.1. The van der Waals surface area contributed by atoms with Crippen LogP contribution < -0.4 is 5.32 Å². The highest BCUT2D eigenvalue weighted by molar-refractivity contribution is 7.14. The minimum Gasteiger partial charge on any atom is -0.312 e. The second-order valence-corrected chi connectivity index (χ2v) is 7.31. The number of hydrogen-bond acceptors (Lipinski definition) is 4. The van der Waals surface area contributed by atoms with Gasteiger partial charge in [-0.25, -0.2) is 0 Å². The zero-order valence-corrected chi connectivity index (χ0v) is 13.8. The number of aryl methyl sites for hydroxylation is 2. The summed E-state index contributed by atoms with van der Waals surface area (Å²) >= 11 is 1.70. The number of benzene rings is 1. The Labute approximate surface area is 125 Å². The van der Waals surface area contributed by atoms with Gasteiger partial charge in [-0.05, 0) is 46.2 Å². The molecule has 0 unspecified atom stereocenters. The van der Waals surface area contributed by atoms with Gasteiger partial charge in [0.25, 0.3) is 0 Å². The molecule has 0 radical (unpaired) electrons. The largest absolute Gasteiger partial charge is 0.312 e. The molecule has 0 amide bonds. The topological polar surface area (TPSA) is 37.8 Å². The fourth-order valence-electron chi connectivity index (χ4n) is 1.97. The van der Waals surface area contributed by atoms with Crippen LogP contribution in [-0.4, -0.2) is 22.3 Å². The molecule has 20 heavy (non-hydrogen) atoms. The Morgan fingerprint density at radius 3 is 2.60 bits per heavy atom. The molecule has 1 aromatic carbocycles. The number of nitrogens with zero attached hydrogens (tertiary/aromatic N) is 2. The van der Waals surface area contributed by atoms with Gasteiger partial charge in [-0.15, -0.1) is 10.2 Å². The van der Waals surface area contributed by atoms with Crippen LogP contribution in [0.15, 0.2) is 18.2 Å². The summed E-state index contributed by atoms with van der Waals surface area (Å²) in [6.45, 7) is 11.7. The molecule has 0 aliphatic rings. The minimum absolute atomic E-state index is 0.153. The second kappa shape index (κ2) is 6.02. The predicted molar refractivity (Wildman–Crippen MR) is 86.3 cm³/mol. The van der Waals surface area contributed by atoms with Crippen LogP contribution in [-0.2, 0) is 6.42 Å². The monoisotopic (exact) mass is 289 g/mol. The second-order valence-electron chi connectivity index (χ2n) is 6.25. The van der Waals surface area contributed by atoms with Crippen molar-refractivity contribution >= 4 is 11.3 Å². The number of aromatic nitrogens is 2. The van der Waals surface area contributed by atoms with Crippen LogP contribution in [0.3, 0.4) is 0 Å². The smallest absolute Gasteiger partial charge is 0.148 e. The van der Waals surface area contributed by atoms with E-state index in [1.54, 1.807) is 11.3 Å². The van der Waals surface area contributed by atoms with Crippen molar-refractivity contribution in [1.82, 2.24) is 15.5 Å². The van der Waals surface area contributed by atoms with Crippen molar-refractivity contribution < 1.29 is 0 Å². The highest BCUT2D eigenvalue weighted by atomic mass is 32.1. The fourth-order valence-corrected chi connectivity index (χ4v) is 2.89. The molecular formula is C16H23N3S. The maximum absolute atomic E-state index is 4.34. The summed E-state index contributed by atoms with van der Waals surface area (Å²) in [4.78, 5) is 0. The van der Waals surface area contributed by atoms with Crippen molar-refractivity contribution in [2.45, 2.75) is 46.6 Å². The molecule has 0 saturated heterocycles. The number of nitrogens with one attached hydrogen (secondary N) is 1. The molecule has 4 heteroatoms. The lowest BCUT2D eigenvalue weighted by Gasteiger charge is -2.19. The van der Waals surface area contributed by atoms with Crippen molar-refractivity contribution in [3.8, 4) is 10.6 Å². The third-order valence-electron chi connectivity index (χ3n) is 3.08. The van der Waals surface area contributed by atoms with Gasteiger partial charge in [-0.3, -0.25) is 0 Å².